The Morgan fingerprint density at radius 2 is 1.62 bits per heavy atom. The smallest absolute Gasteiger partial charge is 0.264 e. The third kappa shape index (κ3) is 24.5. The van der Waals surface area contributed by atoms with Crippen molar-refractivity contribution in [3.8, 4) is 0 Å². The molecular weight excluding hydrogens is 190 g/mol. The highest BCUT2D eigenvalue weighted by molar-refractivity contribution is 7.85. The van der Waals surface area contributed by atoms with Gasteiger partial charge in [-0.25, -0.2) is 0 Å². The van der Waals surface area contributed by atoms with E-state index in [0.29, 0.717) is 6.42 Å². The van der Waals surface area contributed by atoms with Crippen LogP contribution in [0.25, 0.3) is 0 Å². The molecule has 0 spiro atoms. The number of hydrogen-bond acceptors (Lipinski definition) is 3. The van der Waals surface area contributed by atoms with Crippen LogP contribution in [0.5, 0.6) is 0 Å². The van der Waals surface area contributed by atoms with Gasteiger partial charge in [-0.3, -0.25) is 4.55 Å². The van der Waals surface area contributed by atoms with E-state index in [1.807, 2.05) is 0 Å². The fraction of sp³-hybridized carbons (Fsp3) is 1.00. The van der Waals surface area contributed by atoms with Gasteiger partial charge in [-0.15, -0.1) is 0 Å². The first-order valence-electron chi connectivity index (χ1n) is 4.43. The van der Waals surface area contributed by atoms with Crippen LogP contribution in [0.15, 0.2) is 0 Å². The Balaban J connectivity index is 0. The van der Waals surface area contributed by atoms with Crippen molar-refractivity contribution in [3.05, 3.63) is 0 Å². The minimum Gasteiger partial charge on any atom is -0.309 e. The molecule has 0 aliphatic heterocycles. The van der Waals surface area contributed by atoms with Crippen molar-refractivity contribution in [1.82, 2.24) is 4.90 Å². The van der Waals surface area contributed by atoms with Gasteiger partial charge in [0, 0.05) is 0 Å². The molecule has 0 aliphatic carbocycles. The number of nitrogens with zero attached hydrogens (tertiary/aromatic N) is 1. The van der Waals surface area contributed by atoms with E-state index >= 15 is 0 Å². The van der Waals surface area contributed by atoms with Crippen LogP contribution in [-0.4, -0.2) is 44.3 Å². The monoisotopic (exact) mass is 211 g/mol. The molecule has 0 radical (unpaired) electrons. The van der Waals surface area contributed by atoms with Gasteiger partial charge in [-0.05, 0) is 33.5 Å². The number of rotatable bonds is 4. The van der Waals surface area contributed by atoms with Gasteiger partial charge >= 0.3 is 0 Å². The molecule has 0 rings (SSSR count). The summed E-state index contributed by atoms with van der Waals surface area (Å²) in [7, 11) is 0.499. The molecule has 0 amide bonds. The molecule has 13 heavy (non-hydrogen) atoms. The summed E-state index contributed by atoms with van der Waals surface area (Å²) in [6, 6.07) is 0. The van der Waals surface area contributed by atoms with Crippen molar-refractivity contribution >= 4 is 10.1 Å². The zero-order valence-corrected chi connectivity index (χ0v) is 9.76. The molecule has 82 valence electrons. The van der Waals surface area contributed by atoms with Gasteiger partial charge in [0.1, 0.15) is 0 Å². The van der Waals surface area contributed by atoms with Crippen molar-refractivity contribution in [3.63, 3.8) is 0 Å². The average molecular weight is 211 g/mol. The van der Waals surface area contributed by atoms with Crippen LogP contribution < -0.4 is 0 Å². The largest absolute Gasteiger partial charge is 0.309 e. The van der Waals surface area contributed by atoms with Crippen LogP contribution in [0.3, 0.4) is 0 Å². The lowest BCUT2D eigenvalue weighted by molar-refractivity contribution is 0.408. The molecule has 1 N–H and O–H groups in total. The van der Waals surface area contributed by atoms with E-state index in [-0.39, 0.29) is 5.75 Å². The molecule has 4 nitrogen and oxygen atoms in total. The van der Waals surface area contributed by atoms with E-state index in [1.54, 1.807) is 6.92 Å². The molecule has 0 atom stereocenters. The molecule has 0 heterocycles. The van der Waals surface area contributed by atoms with Gasteiger partial charge < -0.3 is 4.90 Å². The standard InChI is InChI=1S/C5H13N.C3H8O3S/c1-4-5-6(2)3;1-2-3-7(4,5)6/h4-5H2,1-3H3;2-3H2,1H3,(H,4,5,6). The molecule has 5 heteroatoms. The molecule has 0 aromatic rings. The average Bonchev–Trinajstić information content (AvgIpc) is 1.84. The maximum Gasteiger partial charge on any atom is 0.264 e. The van der Waals surface area contributed by atoms with E-state index in [0.717, 1.165) is 0 Å². The summed E-state index contributed by atoms with van der Waals surface area (Å²) < 4.78 is 27.6. The highest BCUT2D eigenvalue weighted by atomic mass is 32.2. The predicted molar refractivity (Wildman–Crippen MR) is 55.6 cm³/mol. The van der Waals surface area contributed by atoms with Gasteiger partial charge in [-0.2, -0.15) is 8.42 Å². The van der Waals surface area contributed by atoms with Gasteiger partial charge in [-0.1, -0.05) is 13.8 Å². The Morgan fingerprint density at radius 1 is 1.15 bits per heavy atom. The maximum atomic E-state index is 9.79. The fourth-order valence-corrected chi connectivity index (χ4v) is 1.22. The van der Waals surface area contributed by atoms with E-state index in [2.05, 4.69) is 25.9 Å². The molecule has 0 fully saturated rings. The zero-order valence-electron chi connectivity index (χ0n) is 8.95. The Hall–Kier alpha value is -0.130. The van der Waals surface area contributed by atoms with E-state index in [4.69, 9.17) is 4.55 Å². The lowest BCUT2D eigenvalue weighted by Gasteiger charge is -2.03. The van der Waals surface area contributed by atoms with Crippen molar-refractivity contribution in [2.75, 3.05) is 26.4 Å². The van der Waals surface area contributed by atoms with Crippen molar-refractivity contribution in [2.24, 2.45) is 0 Å². The van der Waals surface area contributed by atoms with Crippen molar-refractivity contribution in [1.29, 1.82) is 0 Å². The third-order valence-electron chi connectivity index (χ3n) is 1.13. The summed E-state index contributed by atoms with van der Waals surface area (Å²) in [5.74, 6) is -0.132. The Morgan fingerprint density at radius 3 is 1.62 bits per heavy atom. The minimum atomic E-state index is -3.67. The molecule has 0 unspecified atom stereocenters. The maximum absolute atomic E-state index is 9.79. The molecule has 0 saturated heterocycles. The van der Waals surface area contributed by atoms with Crippen LogP contribution in [-0.2, 0) is 10.1 Å². The van der Waals surface area contributed by atoms with Crippen LogP contribution in [0.1, 0.15) is 26.7 Å². The second-order valence-corrected chi connectivity index (χ2v) is 4.66. The first-order chi connectivity index (χ1) is 5.83. The lowest BCUT2D eigenvalue weighted by Crippen LogP contribution is -2.11. The highest BCUT2D eigenvalue weighted by Gasteiger charge is 1.98. The molecule has 0 bridgehead atoms. The Labute approximate surface area is 81.7 Å². The van der Waals surface area contributed by atoms with Gasteiger partial charge in [0.2, 0.25) is 0 Å². The lowest BCUT2D eigenvalue weighted by atomic mass is 10.5. The second kappa shape index (κ2) is 8.47. The quantitative estimate of drug-likeness (QED) is 0.711. The van der Waals surface area contributed by atoms with Crippen LogP contribution >= 0.6 is 0 Å². The van der Waals surface area contributed by atoms with E-state index < -0.39 is 10.1 Å². The van der Waals surface area contributed by atoms with Gasteiger partial charge in [0.25, 0.3) is 10.1 Å². The van der Waals surface area contributed by atoms with Crippen LogP contribution in [0.4, 0.5) is 0 Å². The predicted octanol–water partition coefficient (Wildman–Crippen LogP) is 1.24. The Kier molecular flexibility index (Phi) is 10.00. The summed E-state index contributed by atoms with van der Waals surface area (Å²) in [6.07, 6.45) is 1.73. The Bertz CT molecular complexity index is 188. The molecule has 0 aliphatic rings. The highest BCUT2D eigenvalue weighted by Crippen LogP contribution is 1.83. The van der Waals surface area contributed by atoms with E-state index in [1.165, 1.54) is 13.0 Å². The van der Waals surface area contributed by atoms with Crippen LogP contribution in [0.2, 0.25) is 0 Å². The first-order valence-corrected chi connectivity index (χ1v) is 6.04. The summed E-state index contributed by atoms with van der Waals surface area (Å²) >= 11 is 0. The topological polar surface area (TPSA) is 57.6 Å². The number of hydrogen-bond donors (Lipinski definition) is 1. The normalized spacial score (nSPS) is 10.9. The summed E-state index contributed by atoms with van der Waals surface area (Å²) in [4.78, 5) is 2.18. The van der Waals surface area contributed by atoms with Crippen LogP contribution in [0, 0.1) is 0 Å². The van der Waals surface area contributed by atoms with E-state index in [9.17, 15) is 8.42 Å². The molecular formula is C8H21NO3S. The molecule has 0 aromatic carbocycles. The summed E-state index contributed by atoms with van der Waals surface area (Å²) in [5, 5.41) is 0. The summed E-state index contributed by atoms with van der Waals surface area (Å²) in [5.41, 5.74) is 0. The van der Waals surface area contributed by atoms with Gasteiger partial charge in [0.15, 0.2) is 0 Å². The first kappa shape index (κ1) is 15.3. The second-order valence-electron chi connectivity index (χ2n) is 3.09. The van der Waals surface area contributed by atoms with Crippen molar-refractivity contribution in [2.45, 2.75) is 26.7 Å². The molecule has 0 aromatic heterocycles. The third-order valence-corrected chi connectivity index (χ3v) is 2.06. The SMILES string of the molecule is CCCN(C)C.CCCS(=O)(=O)O. The van der Waals surface area contributed by atoms with Crippen molar-refractivity contribution < 1.29 is 13.0 Å². The van der Waals surface area contributed by atoms with Gasteiger partial charge in [0.05, 0.1) is 5.75 Å². The fourth-order valence-electron chi connectivity index (χ4n) is 0.705. The summed E-state index contributed by atoms with van der Waals surface area (Å²) in [6.45, 7) is 5.08. The molecule has 0 saturated carbocycles. The zero-order chi connectivity index (χ0) is 10.9. The minimum absolute atomic E-state index is 0.132.